The van der Waals surface area contributed by atoms with Gasteiger partial charge in [-0.25, -0.2) is 0 Å². The molecule has 3 nitrogen and oxygen atoms in total. The molecule has 1 saturated heterocycles. The second kappa shape index (κ2) is 8.18. The van der Waals surface area contributed by atoms with E-state index in [4.69, 9.17) is 13.6 Å². The Hall–Kier alpha value is -1.26. The lowest BCUT2D eigenvalue weighted by molar-refractivity contribution is 0.00440. The molecule has 2 atom stereocenters. The van der Waals surface area contributed by atoms with Crippen LogP contribution < -0.4 is 0 Å². The lowest BCUT2D eigenvalue weighted by Crippen LogP contribution is -2.54. The fourth-order valence-electron chi connectivity index (χ4n) is 4.53. The van der Waals surface area contributed by atoms with Gasteiger partial charge < -0.3 is 13.6 Å². The van der Waals surface area contributed by atoms with Crippen molar-refractivity contribution in [1.29, 1.82) is 0 Å². The van der Waals surface area contributed by atoms with Gasteiger partial charge in [-0.1, -0.05) is 57.0 Å². The van der Waals surface area contributed by atoms with Crippen molar-refractivity contribution < 1.29 is 13.6 Å². The minimum absolute atomic E-state index is 0.108. The molecule has 26 heavy (non-hydrogen) atoms. The SMILES string of the molecule is C/C=C(\OC)O[Si]1(O[C@H]2CCCC[C@@H]2C(C)(C)c2ccccc2)CCC1. The Kier molecular flexibility index (Phi) is 6.13. The van der Waals surface area contributed by atoms with Gasteiger partial charge in [0, 0.05) is 12.1 Å². The van der Waals surface area contributed by atoms with Crippen LogP contribution in [-0.4, -0.2) is 21.8 Å². The number of methoxy groups -OCH3 is 1. The Morgan fingerprint density at radius 3 is 2.35 bits per heavy atom. The van der Waals surface area contributed by atoms with E-state index in [1.54, 1.807) is 7.11 Å². The van der Waals surface area contributed by atoms with E-state index in [1.165, 1.54) is 31.2 Å². The van der Waals surface area contributed by atoms with Crippen LogP contribution in [0.25, 0.3) is 0 Å². The average molecular weight is 375 g/mol. The molecular weight excluding hydrogens is 340 g/mol. The van der Waals surface area contributed by atoms with Crippen molar-refractivity contribution in [2.75, 3.05) is 7.11 Å². The molecule has 0 aromatic heterocycles. The average Bonchev–Trinajstić information content (AvgIpc) is 2.65. The zero-order chi connectivity index (χ0) is 18.6. The van der Waals surface area contributed by atoms with Crippen molar-refractivity contribution in [2.45, 2.75) is 76.5 Å². The van der Waals surface area contributed by atoms with Gasteiger partial charge in [-0.3, -0.25) is 0 Å². The van der Waals surface area contributed by atoms with E-state index in [-0.39, 0.29) is 5.41 Å². The second-order valence-electron chi connectivity index (χ2n) is 8.31. The van der Waals surface area contributed by atoms with Gasteiger partial charge in [0.05, 0.1) is 13.2 Å². The summed E-state index contributed by atoms with van der Waals surface area (Å²) in [6, 6.07) is 13.1. The van der Waals surface area contributed by atoms with E-state index in [0.717, 1.165) is 18.5 Å². The Balaban J connectivity index is 1.78. The van der Waals surface area contributed by atoms with Crippen molar-refractivity contribution in [3.05, 3.63) is 47.9 Å². The number of hydrogen-bond acceptors (Lipinski definition) is 3. The summed E-state index contributed by atoms with van der Waals surface area (Å²) >= 11 is 0. The standard InChI is InChI=1S/C22H34O3Si/c1-5-21(23-4)25-26(16-11-17-26)24-20-15-10-9-14-19(20)22(2,3)18-12-7-6-8-13-18/h5-8,12-13,19-20H,9-11,14-17H2,1-4H3/b21-5+/t19-,20-/m0/s1. The largest absolute Gasteiger partial charge is 0.494 e. The minimum atomic E-state index is -2.15. The van der Waals surface area contributed by atoms with E-state index in [2.05, 4.69) is 44.2 Å². The van der Waals surface area contributed by atoms with Crippen LogP contribution >= 0.6 is 0 Å². The fraction of sp³-hybridized carbons (Fsp3) is 0.636. The van der Waals surface area contributed by atoms with Crippen molar-refractivity contribution in [2.24, 2.45) is 5.92 Å². The molecule has 3 rings (SSSR count). The van der Waals surface area contributed by atoms with Gasteiger partial charge in [0.15, 0.2) is 0 Å². The molecule has 2 fully saturated rings. The number of hydrogen-bond donors (Lipinski definition) is 0. The van der Waals surface area contributed by atoms with Crippen LogP contribution in [0.1, 0.15) is 58.4 Å². The van der Waals surface area contributed by atoms with E-state index < -0.39 is 8.56 Å². The zero-order valence-electron chi connectivity index (χ0n) is 16.8. The van der Waals surface area contributed by atoms with Gasteiger partial charge in [-0.15, -0.1) is 0 Å². The molecule has 144 valence electrons. The highest BCUT2D eigenvalue weighted by Gasteiger charge is 2.51. The third-order valence-electron chi connectivity index (χ3n) is 6.35. The Morgan fingerprint density at radius 2 is 1.77 bits per heavy atom. The third kappa shape index (κ3) is 4.01. The first-order valence-electron chi connectivity index (χ1n) is 10.1. The smallest absolute Gasteiger partial charge is 0.401 e. The van der Waals surface area contributed by atoms with Crippen LogP contribution in [0.2, 0.25) is 12.1 Å². The predicted molar refractivity (Wildman–Crippen MR) is 108 cm³/mol. The molecule has 1 saturated carbocycles. The predicted octanol–water partition coefficient (Wildman–Crippen LogP) is 5.91. The van der Waals surface area contributed by atoms with Crippen molar-refractivity contribution in [3.63, 3.8) is 0 Å². The Labute approximate surface area is 160 Å². The van der Waals surface area contributed by atoms with Crippen LogP contribution in [-0.2, 0) is 19.0 Å². The number of ether oxygens (including phenoxy) is 1. The van der Waals surface area contributed by atoms with Crippen LogP contribution in [0.3, 0.4) is 0 Å². The topological polar surface area (TPSA) is 27.7 Å². The lowest BCUT2D eigenvalue weighted by atomic mass is 9.66. The van der Waals surface area contributed by atoms with Gasteiger partial charge in [0.2, 0.25) is 0 Å². The maximum Gasteiger partial charge on any atom is 0.401 e. The molecule has 0 amide bonds. The van der Waals surface area contributed by atoms with Crippen LogP contribution in [0.15, 0.2) is 42.4 Å². The Bertz CT molecular complexity index is 607. The summed E-state index contributed by atoms with van der Waals surface area (Å²) in [5, 5.41) is 0. The summed E-state index contributed by atoms with van der Waals surface area (Å²) in [7, 11) is -0.471. The molecule has 1 aromatic rings. The molecule has 0 N–H and O–H groups in total. The summed E-state index contributed by atoms with van der Waals surface area (Å²) in [5.41, 5.74) is 1.52. The number of benzene rings is 1. The van der Waals surface area contributed by atoms with Crippen LogP contribution in [0.4, 0.5) is 0 Å². The maximum atomic E-state index is 6.87. The van der Waals surface area contributed by atoms with E-state index >= 15 is 0 Å². The molecule has 0 radical (unpaired) electrons. The summed E-state index contributed by atoms with van der Waals surface area (Å²) in [6.45, 7) is 6.73. The van der Waals surface area contributed by atoms with E-state index in [0.29, 0.717) is 18.0 Å². The van der Waals surface area contributed by atoms with Gasteiger partial charge in [-0.2, -0.15) is 0 Å². The lowest BCUT2D eigenvalue weighted by Gasteiger charge is -2.48. The third-order valence-corrected chi connectivity index (χ3v) is 9.89. The fourth-order valence-corrected chi connectivity index (χ4v) is 7.35. The molecular formula is C22H34O3Si. The highest BCUT2D eigenvalue weighted by Crippen LogP contribution is 2.46. The van der Waals surface area contributed by atoms with E-state index in [9.17, 15) is 0 Å². The first-order valence-corrected chi connectivity index (χ1v) is 12.4. The molecule has 1 aliphatic carbocycles. The monoisotopic (exact) mass is 374 g/mol. The van der Waals surface area contributed by atoms with Crippen LogP contribution in [0.5, 0.6) is 0 Å². The molecule has 0 unspecified atom stereocenters. The molecule has 2 aliphatic rings. The molecule has 1 aliphatic heterocycles. The van der Waals surface area contributed by atoms with Crippen molar-refractivity contribution in [3.8, 4) is 0 Å². The summed E-state index contributed by atoms with van der Waals surface area (Å²) in [5.74, 6) is 1.16. The van der Waals surface area contributed by atoms with Gasteiger partial charge in [0.25, 0.3) is 5.95 Å². The normalized spacial score (nSPS) is 26.1. The number of allylic oxidation sites excluding steroid dienone is 1. The molecule has 1 aromatic carbocycles. The molecule has 4 heteroatoms. The van der Waals surface area contributed by atoms with E-state index in [1.807, 2.05) is 13.0 Å². The highest BCUT2D eigenvalue weighted by atomic mass is 28.4. The Morgan fingerprint density at radius 1 is 1.08 bits per heavy atom. The molecule has 0 bridgehead atoms. The minimum Gasteiger partial charge on any atom is -0.494 e. The summed E-state index contributed by atoms with van der Waals surface area (Å²) in [6.07, 6.45) is 8.36. The summed E-state index contributed by atoms with van der Waals surface area (Å²) in [4.78, 5) is 0. The zero-order valence-corrected chi connectivity index (χ0v) is 17.8. The maximum absolute atomic E-state index is 6.87. The van der Waals surface area contributed by atoms with Crippen molar-refractivity contribution >= 4 is 8.56 Å². The van der Waals surface area contributed by atoms with Crippen molar-refractivity contribution in [1.82, 2.24) is 0 Å². The summed E-state index contributed by atoms with van der Waals surface area (Å²) < 4.78 is 18.5. The second-order valence-corrected chi connectivity index (χ2v) is 11.6. The molecule has 0 spiro atoms. The quantitative estimate of drug-likeness (QED) is 0.438. The first-order chi connectivity index (χ1) is 12.5. The van der Waals surface area contributed by atoms with Gasteiger partial charge in [-0.05, 0) is 49.2 Å². The van der Waals surface area contributed by atoms with Gasteiger partial charge in [0.1, 0.15) is 0 Å². The van der Waals surface area contributed by atoms with Crippen LogP contribution in [0, 0.1) is 5.92 Å². The number of rotatable bonds is 7. The highest BCUT2D eigenvalue weighted by molar-refractivity contribution is 6.70. The molecule has 1 heterocycles. The first kappa shape index (κ1) is 19.5. The van der Waals surface area contributed by atoms with Gasteiger partial charge >= 0.3 is 8.56 Å².